The third-order valence-electron chi connectivity index (χ3n) is 2.76. The van der Waals surface area contributed by atoms with Gasteiger partial charge >= 0.3 is 6.03 Å². The molecule has 0 aliphatic carbocycles. The minimum atomic E-state index is -0.449. The molecule has 0 aliphatic rings. The van der Waals surface area contributed by atoms with E-state index in [4.69, 9.17) is 5.26 Å². The predicted molar refractivity (Wildman–Crippen MR) is 84.5 cm³/mol. The Morgan fingerprint density at radius 3 is 2.09 bits per heavy atom. The highest BCUT2D eigenvalue weighted by Gasteiger charge is 2.06. The van der Waals surface area contributed by atoms with E-state index in [9.17, 15) is 9.59 Å². The van der Waals surface area contributed by atoms with E-state index in [1.54, 1.807) is 48.5 Å². The fraction of sp³-hybridized carbons (Fsp3) is 0.0625. The molecule has 2 rings (SSSR count). The van der Waals surface area contributed by atoms with Gasteiger partial charge in [-0.05, 0) is 36.4 Å². The molecule has 0 spiro atoms. The number of hydrogen-bond acceptors (Lipinski definition) is 3. The standard InChI is InChI=1S/C16H14N4O2/c1-11(21)18-13-6-8-14(9-7-13)19-16(22)20-15-5-3-2-4-12(15)10-17/h2-9H,1H3,(H,18,21)(H2,19,20,22). The highest BCUT2D eigenvalue weighted by molar-refractivity contribution is 6.00. The van der Waals surface area contributed by atoms with Crippen LogP contribution in [0.4, 0.5) is 21.9 Å². The number of hydrogen-bond donors (Lipinski definition) is 3. The first-order valence-corrected chi connectivity index (χ1v) is 6.53. The molecule has 0 fully saturated rings. The summed E-state index contributed by atoms with van der Waals surface area (Å²) < 4.78 is 0. The van der Waals surface area contributed by atoms with Crippen molar-refractivity contribution in [1.82, 2.24) is 0 Å². The van der Waals surface area contributed by atoms with E-state index >= 15 is 0 Å². The van der Waals surface area contributed by atoms with Crippen LogP contribution in [0, 0.1) is 11.3 Å². The molecule has 2 aromatic carbocycles. The molecule has 0 aromatic heterocycles. The van der Waals surface area contributed by atoms with Crippen molar-refractivity contribution in [1.29, 1.82) is 5.26 Å². The van der Waals surface area contributed by atoms with Crippen molar-refractivity contribution < 1.29 is 9.59 Å². The minimum absolute atomic E-state index is 0.161. The molecule has 0 atom stereocenters. The lowest BCUT2D eigenvalue weighted by Crippen LogP contribution is -2.20. The first-order valence-electron chi connectivity index (χ1n) is 6.53. The number of nitrogens with one attached hydrogen (secondary N) is 3. The topological polar surface area (TPSA) is 94.0 Å². The number of urea groups is 1. The summed E-state index contributed by atoms with van der Waals surface area (Å²) in [5.41, 5.74) is 2.05. The van der Waals surface area contributed by atoms with Crippen LogP contribution in [0.25, 0.3) is 0 Å². The van der Waals surface area contributed by atoms with Gasteiger partial charge in [0.25, 0.3) is 0 Å². The van der Waals surface area contributed by atoms with Crippen molar-refractivity contribution in [3.05, 3.63) is 54.1 Å². The van der Waals surface area contributed by atoms with Crippen molar-refractivity contribution in [3.63, 3.8) is 0 Å². The van der Waals surface area contributed by atoms with Crippen LogP contribution in [0.1, 0.15) is 12.5 Å². The Morgan fingerprint density at radius 1 is 0.909 bits per heavy atom. The van der Waals surface area contributed by atoms with Crippen LogP contribution in [0.2, 0.25) is 0 Å². The summed E-state index contributed by atoms with van der Waals surface area (Å²) in [7, 11) is 0. The van der Waals surface area contributed by atoms with Gasteiger partial charge in [-0.2, -0.15) is 5.26 Å². The molecule has 2 aromatic rings. The van der Waals surface area contributed by atoms with Gasteiger partial charge < -0.3 is 16.0 Å². The fourth-order valence-corrected chi connectivity index (χ4v) is 1.81. The molecule has 0 radical (unpaired) electrons. The smallest absolute Gasteiger partial charge is 0.323 e. The van der Waals surface area contributed by atoms with Crippen molar-refractivity contribution in [2.45, 2.75) is 6.92 Å². The van der Waals surface area contributed by atoms with Gasteiger partial charge in [0, 0.05) is 18.3 Å². The number of para-hydroxylation sites is 1. The van der Waals surface area contributed by atoms with E-state index in [1.807, 2.05) is 6.07 Å². The van der Waals surface area contributed by atoms with E-state index in [2.05, 4.69) is 16.0 Å². The molecule has 110 valence electrons. The summed E-state index contributed by atoms with van der Waals surface area (Å²) in [4.78, 5) is 22.8. The highest BCUT2D eigenvalue weighted by atomic mass is 16.2. The molecule has 6 heteroatoms. The summed E-state index contributed by atoms with van der Waals surface area (Å²) in [6, 6.07) is 15.0. The lowest BCUT2D eigenvalue weighted by molar-refractivity contribution is -0.114. The molecule has 0 unspecified atom stereocenters. The van der Waals surface area contributed by atoms with E-state index in [0.29, 0.717) is 22.6 Å². The molecular formula is C16H14N4O2. The van der Waals surface area contributed by atoms with Crippen molar-refractivity contribution >= 4 is 29.0 Å². The van der Waals surface area contributed by atoms with Crippen molar-refractivity contribution in [3.8, 4) is 6.07 Å². The Bertz CT molecular complexity index is 733. The number of nitrogens with zero attached hydrogens (tertiary/aromatic N) is 1. The molecule has 0 bridgehead atoms. The van der Waals surface area contributed by atoms with Gasteiger partial charge in [-0.15, -0.1) is 0 Å². The Morgan fingerprint density at radius 2 is 1.50 bits per heavy atom. The molecule has 22 heavy (non-hydrogen) atoms. The maximum absolute atomic E-state index is 11.9. The fourth-order valence-electron chi connectivity index (χ4n) is 1.81. The Hall–Kier alpha value is -3.33. The molecular weight excluding hydrogens is 280 g/mol. The van der Waals surface area contributed by atoms with Crippen LogP contribution in [0.15, 0.2) is 48.5 Å². The zero-order valence-electron chi connectivity index (χ0n) is 11.9. The third-order valence-corrected chi connectivity index (χ3v) is 2.76. The van der Waals surface area contributed by atoms with Gasteiger partial charge in [-0.1, -0.05) is 12.1 Å². The normalized spacial score (nSPS) is 9.45. The van der Waals surface area contributed by atoms with Crippen molar-refractivity contribution in [2.75, 3.05) is 16.0 Å². The summed E-state index contributed by atoms with van der Waals surface area (Å²) in [6.07, 6.45) is 0. The second-order valence-corrected chi connectivity index (χ2v) is 4.50. The summed E-state index contributed by atoms with van der Waals surface area (Å²) in [6.45, 7) is 1.42. The molecule has 6 nitrogen and oxygen atoms in total. The predicted octanol–water partition coefficient (Wildman–Crippen LogP) is 3.16. The van der Waals surface area contributed by atoms with Crippen LogP contribution >= 0.6 is 0 Å². The quantitative estimate of drug-likeness (QED) is 0.811. The van der Waals surface area contributed by atoms with Gasteiger partial charge in [-0.3, -0.25) is 4.79 Å². The maximum Gasteiger partial charge on any atom is 0.323 e. The maximum atomic E-state index is 11.9. The Labute approximate surface area is 127 Å². The summed E-state index contributed by atoms with van der Waals surface area (Å²) >= 11 is 0. The van der Waals surface area contributed by atoms with Crippen LogP contribution in [-0.4, -0.2) is 11.9 Å². The second kappa shape index (κ2) is 6.90. The number of amides is 3. The SMILES string of the molecule is CC(=O)Nc1ccc(NC(=O)Nc2ccccc2C#N)cc1. The number of rotatable bonds is 3. The number of nitriles is 1. The Balaban J connectivity index is 2.00. The molecule has 0 saturated heterocycles. The monoisotopic (exact) mass is 294 g/mol. The van der Waals surface area contributed by atoms with Gasteiger partial charge in [0.2, 0.25) is 5.91 Å². The zero-order chi connectivity index (χ0) is 15.9. The van der Waals surface area contributed by atoms with Crippen LogP contribution in [0.3, 0.4) is 0 Å². The van der Waals surface area contributed by atoms with Crippen LogP contribution in [0.5, 0.6) is 0 Å². The van der Waals surface area contributed by atoms with Crippen LogP contribution in [-0.2, 0) is 4.79 Å². The lowest BCUT2D eigenvalue weighted by atomic mass is 10.2. The molecule has 0 aliphatic heterocycles. The van der Waals surface area contributed by atoms with E-state index in [1.165, 1.54) is 6.92 Å². The number of carbonyl (C=O) groups is 2. The third kappa shape index (κ3) is 4.08. The van der Waals surface area contributed by atoms with Gasteiger partial charge in [0.15, 0.2) is 0 Å². The van der Waals surface area contributed by atoms with Crippen molar-refractivity contribution in [2.24, 2.45) is 0 Å². The molecule has 0 saturated carbocycles. The molecule has 3 amide bonds. The van der Waals surface area contributed by atoms with Gasteiger partial charge in [-0.25, -0.2) is 4.79 Å². The highest BCUT2D eigenvalue weighted by Crippen LogP contribution is 2.16. The minimum Gasteiger partial charge on any atom is -0.326 e. The first kappa shape index (κ1) is 15.1. The number of benzene rings is 2. The largest absolute Gasteiger partial charge is 0.326 e. The van der Waals surface area contributed by atoms with E-state index in [0.717, 1.165) is 0 Å². The number of anilines is 3. The first-order chi connectivity index (χ1) is 10.6. The zero-order valence-corrected chi connectivity index (χ0v) is 11.9. The second-order valence-electron chi connectivity index (χ2n) is 4.50. The lowest BCUT2D eigenvalue weighted by Gasteiger charge is -2.09. The van der Waals surface area contributed by atoms with E-state index in [-0.39, 0.29) is 5.91 Å². The van der Waals surface area contributed by atoms with Gasteiger partial charge in [0.1, 0.15) is 6.07 Å². The average Bonchev–Trinajstić information content (AvgIpc) is 2.49. The Kier molecular flexibility index (Phi) is 4.73. The molecule has 3 N–H and O–H groups in total. The van der Waals surface area contributed by atoms with Gasteiger partial charge in [0.05, 0.1) is 11.3 Å². The molecule has 0 heterocycles. The number of carbonyl (C=O) groups excluding carboxylic acids is 2. The van der Waals surface area contributed by atoms with E-state index < -0.39 is 6.03 Å². The summed E-state index contributed by atoms with van der Waals surface area (Å²) in [5, 5.41) is 16.9. The summed E-state index contributed by atoms with van der Waals surface area (Å²) in [5.74, 6) is -0.161. The average molecular weight is 294 g/mol. The van der Waals surface area contributed by atoms with Crippen LogP contribution < -0.4 is 16.0 Å².